The molecule has 0 unspecified atom stereocenters. The minimum atomic E-state index is -0.716. The fourth-order valence-electron chi connectivity index (χ4n) is 2.17. The molecule has 104 valence electrons. The number of fused-ring (bicyclic) bond motifs is 1. The molecule has 3 rings (SSSR count). The predicted molar refractivity (Wildman–Crippen MR) is 82.0 cm³/mol. The molecule has 3 aromatic rings. The maximum Gasteiger partial charge on any atom is 0.332 e. The van der Waals surface area contributed by atoms with Crippen LogP contribution in [-0.2, 0) is 0 Å². The molecule has 5 nitrogen and oxygen atoms in total. The van der Waals surface area contributed by atoms with Gasteiger partial charge in [-0.2, -0.15) is 5.10 Å². The number of urea groups is 1. The number of hydrogen-bond donors (Lipinski definition) is 2. The molecule has 21 heavy (non-hydrogen) atoms. The standard InChI is InChI=1S/C16H13N3O2/c17-16(20)19-18-10-12-8-9-15(21-12)14-7-3-5-11-4-1-2-6-13(11)14/h1-10H,(H3,17,19,20)/b18-10+. The monoisotopic (exact) mass is 279 g/mol. The van der Waals surface area contributed by atoms with Gasteiger partial charge in [-0.3, -0.25) is 0 Å². The molecule has 0 atom stereocenters. The number of carbonyl (C=O) groups excluding carboxylic acids is 1. The van der Waals surface area contributed by atoms with E-state index in [0.29, 0.717) is 5.76 Å². The van der Waals surface area contributed by atoms with Gasteiger partial charge >= 0.3 is 6.03 Å². The maximum atomic E-state index is 10.5. The third-order valence-electron chi connectivity index (χ3n) is 3.05. The topological polar surface area (TPSA) is 80.6 Å². The van der Waals surface area contributed by atoms with E-state index in [-0.39, 0.29) is 0 Å². The summed E-state index contributed by atoms with van der Waals surface area (Å²) in [5.74, 6) is 1.28. The van der Waals surface area contributed by atoms with Gasteiger partial charge in [-0.25, -0.2) is 10.2 Å². The van der Waals surface area contributed by atoms with Crippen LogP contribution in [0.2, 0.25) is 0 Å². The first-order valence-corrected chi connectivity index (χ1v) is 6.40. The number of nitrogens with zero attached hydrogens (tertiary/aromatic N) is 1. The summed E-state index contributed by atoms with van der Waals surface area (Å²) in [5.41, 5.74) is 8.05. The molecule has 3 N–H and O–H groups in total. The second-order valence-electron chi connectivity index (χ2n) is 4.46. The molecule has 1 heterocycles. The Morgan fingerprint density at radius 1 is 1.10 bits per heavy atom. The lowest BCUT2D eigenvalue weighted by atomic mass is 10.0. The summed E-state index contributed by atoms with van der Waals surface area (Å²) >= 11 is 0. The Bertz CT molecular complexity index is 816. The zero-order valence-electron chi connectivity index (χ0n) is 11.1. The molecule has 2 aromatic carbocycles. The van der Waals surface area contributed by atoms with E-state index < -0.39 is 6.03 Å². The SMILES string of the molecule is NC(=O)N/N=C/c1ccc(-c2cccc3ccccc23)o1. The lowest BCUT2D eigenvalue weighted by molar-refractivity contribution is 0.249. The number of nitrogens with one attached hydrogen (secondary N) is 1. The van der Waals surface area contributed by atoms with Crippen molar-refractivity contribution in [1.82, 2.24) is 5.43 Å². The van der Waals surface area contributed by atoms with E-state index in [4.69, 9.17) is 10.2 Å². The summed E-state index contributed by atoms with van der Waals surface area (Å²) in [6, 6.07) is 17.1. The highest BCUT2D eigenvalue weighted by Crippen LogP contribution is 2.29. The maximum absolute atomic E-state index is 10.5. The Hall–Kier alpha value is -3.08. The van der Waals surface area contributed by atoms with Crippen LogP contribution in [0, 0.1) is 0 Å². The number of hydrazone groups is 1. The lowest BCUT2D eigenvalue weighted by Crippen LogP contribution is -2.24. The number of benzene rings is 2. The van der Waals surface area contributed by atoms with E-state index in [9.17, 15) is 4.79 Å². The Kier molecular flexibility index (Phi) is 3.39. The molecular weight excluding hydrogens is 266 g/mol. The molecule has 0 bridgehead atoms. The molecule has 1 aromatic heterocycles. The summed E-state index contributed by atoms with van der Waals surface area (Å²) in [7, 11) is 0. The fraction of sp³-hybridized carbons (Fsp3) is 0. The van der Waals surface area contributed by atoms with E-state index >= 15 is 0 Å². The van der Waals surface area contributed by atoms with Crippen LogP contribution in [0.5, 0.6) is 0 Å². The van der Waals surface area contributed by atoms with Gasteiger partial charge in [-0.1, -0.05) is 42.5 Å². The Labute approximate surface area is 121 Å². The van der Waals surface area contributed by atoms with Gasteiger partial charge in [0.2, 0.25) is 0 Å². The van der Waals surface area contributed by atoms with E-state index in [1.807, 2.05) is 30.3 Å². The van der Waals surface area contributed by atoms with Gasteiger partial charge in [0, 0.05) is 5.56 Å². The van der Waals surface area contributed by atoms with Crippen LogP contribution in [0.15, 0.2) is 64.1 Å². The fourth-order valence-corrected chi connectivity index (χ4v) is 2.17. The minimum Gasteiger partial charge on any atom is -0.455 e. The molecule has 0 saturated carbocycles. The molecular formula is C16H13N3O2. The highest BCUT2D eigenvalue weighted by atomic mass is 16.3. The minimum absolute atomic E-state index is 0.534. The summed E-state index contributed by atoms with van der Waals surface area (Å²) in [6.45, 7) is 0. The van der Waals surface area contributed by atoms with Crippen molar-refractivity contribution in [2.24, 2.45) is 10.8 Å². The number of hydrogen-bond acceptors (Lipinski definition) is 3. The van der Waals surface area contributed by atoms with Gasteiger partial charge in [0.25, 0.3) is 0 Å². The number of primary amides is 1. The first-order valence-electron chi connectivity index (χ1n) is 6.40. The average molecular weight is 279 g/mol. The molecule has 0 spiro atoms. The van der Waals surface area contributed by atoms with Crippen LogP contribution in [-0.4, -0.2) is 12.2 Å². The average Bonchev–Trinajstić information content (AvgIpc) is 2.95. The van der Waals surface area contributed by atoms with Gasteiger partial charge in [-0.15, -0.1) is 0 Å². The first-order chi connectivity index (χ1) is 10.2. The number of furan rings is 1. The van der Waals surface area contributed by atoms with Crippen molar-refractivity contribution in [1.29, 1.82) is 0 Å². The van der Waals surface area contributed by atoms with Crippen LogP contribution in [0.3, 0.4) is 0 Å². The number of nitrogens with two attached hydrogens (primary N) is 1. The third kappa shape index (κ3) is 2.76. The van der Waals surface area contributed by atoms with Crippen molar-refractivity contribution in [3.8, 4) is 11.3 Å². The summed E-state index contributed by atoms with van der Waals surface area (Å²) in [6.07, 6.45) is 1.40. The molecule has 5 heteroatoms. The Morgan fingerprint density at radius 3 is 2.76 bits per heavy atom. The summed E-state index contributed by atoms with van der Waals surface area (Å²) in [4.78, 5) is 10.5. The molecule has 0 aliphatic carbocycles. The number of carbonyl (C=O) groups is 1. The van der Waals surface area contributed by atoms with Gasteiger partial charge in [0.1, 0.15) is 11.5 Å². The van der Waals surface area contributed by atoms with Crippen molar-refractivity contribution in [3.63, 3.8) is 0 Å². The van der Waals surface area contributed by atoms with E-state index in [0.717, 1.165) is 22.1 Å². The van der Waals surface area contributed by atoms with Gasteiger partial charge in [0.05, 0.1) is 6.21 Å². The predicted octanol–water partition coefficient (Wildman–Crippen LogP) is 3.10. The molecule has 0 aliphatic rings. The molecule has 0 saturated heterocycles. The van der Waals surface area contributed by atoms with Crippen molar-refractivity contribution < 1.29 is 9.21 Å². The lowest BCUT2D eigenvalue weighted by Gasteiger charge is -2.03. The normalized spacial score (nSPS) is 11.0. The van der Waals surface area contributed by atoms with Crippen molar-refractivity contribution >= 4 is 23.0 Å². The van der Waals surface area contributed by atoms with Crippen LogP contribution in [0.4, 0.5) is 4.79 Å². The molecule has 2 amide bonds. The van der Waals surface area contributed by atoms with Crippen molar-refractivity contribution in [2.45, 2.75) is 0 Å². The zero-order valence-corrected chi connectivity index (χ0v) is 11.1. The highest BCUT2D eigenvalue weighted by Gasteiger charge is 2.07. The van der Waals surface area contributed by atoms with Crippen LogP contribution < -0.4 is 11.2 Å². The summed E-state index contributed by atoms with van der Waals surface area (Å²) in [5, 5.41) is 5.94. The Morgan fingerprint density at radius 2 is 1.90 bits per heavy atom. The second-order valence-corrected chi connectivity index (χ2v) is 4.46. The molecule has 0 radical (unpaired) electrons. The van der Waals surface area contributed by atoms with E-state index in [2.05, 4.69) is 28.7 Å². The number of amides is 2. The van der Waals surface area contributed by atoms with E-state index in [1.165, 1.54) is 6.21 Å². The zero-order chi connectivity index (χ0) is 14.7. The highest BCUT2D eigenvalue weighted by molar-refractivity contribution is 5.95. The summed E-state index contributed by atoms with van der Waals surface area (Å²) < 4.78 is 5.72. The number of rotatable bonds is 3. The van der Waals surface area contributed by atoms with Crippen molar-refractivity contribution in [3.05, 3.63) is 60.4 Å². The van der Waals surface area contributed by atoms with Crippen LogP contribution >= 0.6 is 0 Å². The first kappa shape index (κ1) is 12.9. The van der Waals surface area contributed by atoms with Crippen LogP contribution in [0.1, 0.15) is 5.76 Å². The molecule has 0 aliphatic heterocycles. The van der Waals surface area contributed by atoms with Crippen molar-refractivity contribution in [2.75, 3.05) is 0 Å². The van der Waals surface area contributed by atoms with Gasteiger partial charge in [-0.05, 0) is 22.9 Å². The molecule has 0 fully saturated rings. The van der Waals surface area contributed by atoms with E-state index in [1.54, 1.807) is 6.07 Å². The quantitative estimate of drug-likeness (QED) is 0.570. The largest absolute Gasteiger partial charge is 0.455 e. The Balaban J connectivity index is 1.95. The van der Waals surface area contributed by atoms with Gasteiger partial charge in [0.15, 0.2) is 0 Å². The van der Waals surface area contributed by atoms with Crippen LogP contribution in [0.25, 0.3) is 22.1 Å². The third-order valence-corrected chi connectivity index (χ3v) is 3.05. The van der Waals surface area contributed by atoms with Gasteiger partial charge < -0.3 is 10.2 Å². The smallest absolute Gasteiger partial charge is 0.332 e. The second kappa shape index (κ2) is 5.50.